The molecule has 0 saturated carbocycles. The van der Waals surface area contributed by atoms with Crippen molar-refractivity contribution < 1.29 is 29.1 Å². The molecule has 0 radical (unpaired) electrons. The summed E-state index contributed by atoms with van der Waals surface area (Å²) < 4.78 is 0. The van der Waals surface area contributed by atoms with E-state index >= 15 is 0 Å². The number of rotatable bonds is 8. The Kier molecular flexibility index (Phi) is 6.69. The molecule has 1 aromatic heterocycles. The Hall–Kier alpha value is -2.73. The molecule has 1 fully saturated rings. The predicted octanol–water partition coefficient (Wildman–Crippen LogP) is -0.483. The lowest BCUT2D eigenvalue weighted by atomic mass is 9.99. The quantitative estimate of drug-likeness (QED) is 0.192. The molecule has 0 aliphatic carbocycles. The van der Waals surface area contributed by atoms with Crippen LogP contribution < -0.4 is 16.0 Å². The molecule has 13 heteroatoms. The minimum Gasteiger partial charge on any atom is -0.480 e. The number of carboxylic acids is 1. The number of β-lactam (4-membered cyclic amide) rings is 1. The van der Waals surface area contributed by atoms with E-state index in [4.69, 9.17) is 21.5 Å². The lowest BCUT2D eigenvalue weighted by Gasteiger charge is -2.33. The van der Waals surface area contributed by atoms with Gasteiger partial charge in [0.1, 0.15) is 23.7 Å². The normalized spacial score (nSPS) is 19.1. The molecule has 1 aliphatic rings. The topological polar surface area (TPSA) is 159 Å². The van der Waals surface area contributed by atoms with Crippen molar-refractivity contribution in [1.29, 1.82) is 0 Å². The van der Waals surface area contributed by atoms with Gasteiger partial charge in [-0.05, 0) is 13.8 Å². The molecule has 2 unspecified atom stereocenters. The Balaban J connectivity index is 2.20. The first-order chi connectivity index (χ1) is 12.7. The number of carbonyl (C=O) groups excluding carboxylic acids is 3. The maximum Gasteiger partial charge on any atom is 0.328 e. The van der Waals surface area contributed by atoms with Crippen LogP contribution in [-0.2, 0) is 24.0 Å². The molecule has 27 heavy (non-hydrogen) atoms. The van der Waals surface area contributed by atoms with Gasteiger partial charge < -0.3 is 25.9 Å². The van der Waals surface area contributed by atoms with E-state index in [0.29, 0.717) is 0 Å². The van der Waals surface area contributed by atoms with E-state index in [1.165, 1.54) is 5.38 Å². The second kappa shape index (κ2) is 8.77. The fourth-order valence-electron chi connectivity index (χ4n) is 1.90. The van der Waals surface area contributed by atoms with E-state index in [2.05, 4.69) is 26.1 Å². The molecule has 4 N–H and O–H groups in total. The summed E-state index contributed by atoms with van der Waals surface area (Å²) in [6, 6.07) is -2.48. The van der Waals surface area contributed by atoms with Crippen LogP contribution >= 0.6 is 22.9 Å². The lowest BCUT2D eigenvalue weighted by Crippen LogP contribution is -2.72. The molecule has 2 atom stereocenters. The van der Waals surface area contributed by atoms with Gasteiger partial charge in [-0.3, -0.25) is 14.4 Å². The molecular formula is C14H16ClN5O6S. The van der Waals surface area contributed by atoms with Gasteiger partial charge in [0.15, 0.2) is 16.9 Å². The van der Waals surface area contributed by atoms with Crippen LogP contribution in [-0.4, -0.2) is 63.6 Å². The van der Waals surface area contributed by atoms with E-state index < -0.39 is 35.8 Å². The molecule has 3 amide bonds. The lowest BCUT2D eigenvalue weighted by molar-refractivity contribution is -0.151. The van der Waals surface area contributed by atoms with Gasteiger partial charge in [0.2, 0.25) is 11.8 Å². The zero-order valence-corrected chi connectivity index (χ0v) is 15.8. The van der Waals surface area contributed by atoms with Gasteiger partial charge >= 0.3 is 5.97 Å². The van der Waals surface area contributed by atoms with Crippen LogP contribution in [0, 0.1) is 0 Å². The third kappa shape index (κ3) is 5.14. The third-order valence-electron chi connectivity index (χ3n) is 3.15. The smallest absolute Gasteiger partial charge is 0.328 e. The average molecular weight is 418 g/mol. The predicted molar refractivity (Wildman–Crippen MR) is 95.7 cm³/mol. The third-order valence-corrected chi connectivity index (χ3v) is 4.15. The Bertz CT molecular complexity index is 795. The molecule has 0 spiro atoms. The van der Waals surface area contributed by atoms with E-state index in [0.717, 1.165) is 11.3 Å². The van der Waals surface area contributed by atoms with Gasteiger partial charge in [-0.2, -0.15) is 0 Å². The first-order valence-corrected chi connectivity index (χ1v) is 9.04. The van der Waals surface area contributed by atoms with Crippen molar-refractivity contribution in [3.63, 3.8) is 0 Å². The summed E-state index contributed by atoms with van der Waals surface area (Å²) in [4.78, 5) is 55.6. The molecule has 2 heterocycles. The summed E-state index contributed by atoms with van der Waals surface area (Å²) in [6.07, 6.45) is -0.347. The Morgan fingerprint density at radius 1 is 1.48 bits per heavy atom. The van der Waals surface area contributed by atoms with Crippen molar-refractivity contribution in [2.75, 3.05) is 11.2 Å². The number of nitrogens with one attached hydrogen (secondary N) is 3. The van der Waals surface area contributed by atoms with Gasteiger partial charge in [-0.15, -0.1) is 22.9 Å². The molecular weight excluding hydrogens is 402 g/mol. The van der Waals surface area contributed by atoms with Crippen molar-refractivity contribution in [2.45, 2.75) is 32.0 Å². The van der Waals surface area contributed by atoms with Crippen LogP contribution in [0.1, 0.15) is 19.5 Å². The van der Waals surface area contributed by atoms with Gasteiger partial charge in [-0.25, -0.2) is 9.78 Å². The van der Waals surface area contributed by atoms with Crippen LogP contribution in [0.15, 0.2) is 10.5 Å². The van der Waals surface area contributed by atoms with Gasteiger partial charge in [-0.1, -0.05) is 5.16 Å². The van der Waals surface area contributed by atoms with Crippen molar-refractivity contribution in [1.82, 2.24) is 15.6 Å². The van der Waals surface area contributed by atoms with Crippen LogP contribution in [0.2, 0.25) is 0 Å². The molecule has 0 aromatic carbocycles. The zero-order chi connectivity index (χ0) is 20.1. The van der Waals surface area contributed by atoms with E-state index in [-0.39, 0.29) is 28.5 Å². The molecule has 1 saturated heterocycles. The van der Waals surface area contributed by atoms with E-state index in [1.807, 2.05) is 0 Å². The number of carbonyl (C=O) groups is 4. The summed E-state index contributed by atoms with van der Waals surface area (Å²) >= 11 is 6.44. The van der Waals surface area contributed by atoms with Crippen molar-refractivity contribution in [2.24, 2.45) is 5.16 Å². The van der Waals surface area contributed by atoms with Crippen LogP contribution in [0.25, 0.3) is 0 Å². The number of hydrogen-bond acceptors (Lipinski definition) is 8. The van der Waals surface area contributed by atoms with Crippen LogP contribution in [0.4, 0.5) is 5.13 Å². The molecule has 2 rings (SSSR count). The summed E-state index contributed by atoms with van der Waals surface area (Å²) in [5.74, 6) is -3.50. The fraction of sp³-hybridized carbons (Fsp3) is 0.429. The maximum atomic E-state index is 12.5. The fourth-order valence-corrected chi connectivity index (χ4v) is 2.68. The number of halogens is 1. The second-order valence-corrected chi connectivity index (χ2v) is 6.71. The minimum atomic E-state index is -1.28. The highest BCUT2D eigenvalue weighted by Gasteiger charge is 2.45. The number of amides is 3. The highest BCUT2D eigenvalue weighted by molar-refractivity contribution is 7.14. The molecule has 1 aromatic rings. The summed E-state index contributed by atoms with van der Waals surface area (Å²) in [7, 11) is 0. The summed E-state index contributed by atoms with van der Waals surface area (Å²) in [6.45, 7) is 3.37. The monoisotopic (exact) mass is 417 g/mol. The number of thiazole rings is 1. The number of aliphatic carboxylic acids is 1. The summed E-state index contributed by atoms with van der Waals surface area (Å²) in [5.41, 5.74) is -0.190. The van der Waals surface area contributed by atoms with Gasteiger partial charge in [0.05, 0.1) is 0 Å². The first kappa shape index (κ1) is 20.6. The number of anilines is 1. The number of nitrogens with zero attached hydrogens (tertiary/aromatic N) is 2. The highest BCUT2D eigenvalue weighted by Crippen LogP contribution is 2.17. The Morgan fingerprint density at radius 3 is 2.74 bits per heavy atom. The molecule has 11 nitrogen and oxygen atoms in total. The number of aromatic nitrogens is 1. The Morgan fingerprint density at radius 2 is 2.19 bits per heavy atom. The molecule has 1 aliphatic heterocycles. The van der Waals surface area contributed by atoms with Crippen LogP contribution in [0.3, 0.4) is 0 Å². The Labute approximate surface area is 162 Å². The number of hydrogen-bond donors (Lipinski definition) is 4. The standard InChI is InChI=1S/C14H16ClN5O6S/c1-5(2)26-20-8(6-4-27-14(16-6)17-7(21)3-15)11(22)18-9-10(13(24)25)19-12(9)23/h4-5,9-10H,3H2,1-2H3,(H,18,22)(H,19,23)(H,24,25)(H,16,17,21). The first-order valence-electron chi connectivity index (χ1n) is 7.62. The minimum absolute atomic E-state index is 0.0784. The van der Waals surface area contributed by atoms with Crippen molar-refractivity contribution >= 4 is 57.5 Å². The molecule has 146 valence electrons. The summed E-state index contributed by atoms with van der Waals surface area (Å²) in [5, 5.41) is 21.3. The van der Waals surface area contributed by atoms with Crippen molar-refractivity contribution in [3.8, 4) is 0 Å². The maximum absolute atomic E-state index is 12.5. The van der Waals surface area contributed by atoms with E-state index in [9.17, 15) is 19.2 Å². The van der Waals surface area contributed by atoms with E-state index in [1.54, 1.807) is 13.8 Å². The molecule has 0 bridgehead atoms. The highest BCUT2D eigenvalue weighted by atomic mass is 35.5. The SMILES string of the molecule is CC(C)ON=C(C(=O)NC1C(=O)NC1C(=O)O)c1csc(NC(=O)CCl)n1. The van der Waals surface area contributed by atoms with Gasteiger partial charge in [0, 0.05) is 5.38 Å². The largest absolute Gasteiger partial charge is 0.480 e. The van der Waals surface area contributed by atoms with Crippen molar-refractivity contribution in [3.05, 3.63) is 11.1 Å². The zero-order valence-electron chi connectivity index (χ0n) is 14.2. The number of carboxylic acid groups (broad SMARTS) is 1. The van der Waals surface area contributed by atoms with Gasteiger partial charge in [0.25, 0.3) is 5.91 Å². The number of oxime groups is 1. The van der Waals surface area contributed by atoms with Crippen LogP contribution in [0.5, 0.6) is 0 Å². The number of alkyl halides is 1. The second-order valence-electron chi connectivity index (χ2n) is 5.59. The average Bonchev–Trinajstić information content (AvgIpc) is 3.05.